The van der Waals surface area contributed by atoms with Gasteiger partial charge in [-0.1, -0.05) is 41.4 Å². The number of halogens is 5. The number of benzene rings is 2. The number of anilines is 1. The van der Waals surface area contributed by atoms with Crippen LogP contribution < -0.4 is 5.32 Å². The average molecular weight is 431 g/mol. The van der Waals surface area contributed by atoms with Gasteiger partial charge in [-0.15, -0.1) is 11.3 Å². The van der Waals surface area contributed by atoms with Crippen LogP contribution in [0.3, 0.4) is 0 Å². The fraction of sp³-hybridized carbons (Fsp3) is 0.111. The van der Waals surface area contributed by atoms with E-state index in [2.05, 4.69) is 10.3 Å². The predicted octanol–water partition coefficient (Wildman–Crippen LogP) is 6.31. The second-order valence-electron chi connectivity index (χ2n) is 5.58. The zero-order valence-corrected chi connectivity index (χ0v) is 15.8. The second kappa shape index (κ2) is 7.88. The van der Waals surface area contributed by atoms with E-state index < -0.39 is 17.6 Å². The van der Waals surface area contributed by atoms with Crippen molar-refractivity contribution in [3.8, 4) is 0 Å². The van der Waals surface area contributed by atoms with Crippen molar-refractivity contribution in [2.45, 2.75) is 12.6 Å². The average Bonchev–Trinajstić information content (AvgIpc) is 3.05. The fourth-order valence-corrected chi connectivity index (χ4v) is 3.57. The molecule has 0 saturated carbocycles. The van der Waals surface area contributed by atoms with E-state index in [1.165, 1.54) is 23.5 Å². The van der Waals surface area contributed by atoms with Crippen LogP contribution in [0.4, 0.5) is 18.9 Å². The zero-order chi connectivity index (χ0) is 19.6. The number of carbonyl (C=O) groups excluding carboxylic acids is 1. The van der Waals surface area contributed by atoms with Crippen molar-refractivity contribution >= 4 is 46.1 Å². The van der Waals surface area contributed by atoms with Gasteiger partial charge in [-0.3, -0.25) is 4.79 Å². The molecule has 3 rings (SSSR count). The minimum Gasteiger partial charge on any atom is -0.319 e. The molecule has 1 aromatic heterocycles. The van der Waals surface area contributed by atoms with E-state index in [0.717, 1.165) is 12.1 Å². The van der Waals surface area contributed by atoms with Gasteiger partial charge in [0.25, 0.3) is 5.91 Å². The Bertz CT molecular complexity index is 989. The third-order valence-corrected chi connectivity index (χ3v) is 4.97. The normalized spacial score (nSPS) is 11.4. The second-order valence-corrected chi connectivity index (χ2v) is 7.37. The third-order valence-electron chi connectivity index (χ3n) is 3.57. The summed E-state index contributed by atoms with van der Waals surface area (Å²) in [5, 5.41) is 5.43. The number of aromatic nitrogens is 1. The van der Waals surface area contributed by atoms with E-state index in [1.807, 2.05) is 0 Å². The lowest BCUT2D eigenvalue weighted by Crippen LogP contribution is -2.12. The Hall–Kier alpha value is -2.09. The molecule has 0 aliphatic carbocycles. The van der Waals surface area contributed by atoms with E-state index in [0.29, 0.717) is 21.3 Å². The summed E-state index contributed by atoms with van der Waals surface area (Å²) >= 11 is 13.0. The first-order valence-corrected chi connectivity index (χ1v) is 9.23. The number of nitrogens with zero attached hydrogens (tertiary/aromatic N) is 1. The SMILES string of the molecule is O=C(Nc1ccc(Cl)cc1Cl)c1csc(Cc2cccc(C(F)(F)F)c2)n1. The molecule has 2 aromatic carbocycles. The number of carbonyl (C=O) groups is 1. The van der Waals surface area contributed by atoms with Crippen molar-refractivity contribution in [3.63, 3.8) is 0 Å². The van der Waals surface area contributed by atoms with E-state index in [9.17, 15) is 18.0 Å². The van der Waals surface area contributed by atoms with E-state index in [1.54, 1.807) is 23.6 Å². The number of alkyl halides is 3. The number of nitrogens with one attached hydrogen (secondary N) is 1. The molecule has 0 aliphatic heterocycles. The maximum Gasteiger partial charge on any atom is 0.416 e. The van der Waals surface area contributed by atoms with E-state index in [-0.39, 0.29) is 17.1 Å². The van der Waals surface area contributed by atoms with Crippen LogP contribution in [-0.2, 0) is 12.6 Å². The van der Waals surface area contributed by atoms with Crippen molar-refractivity contribution in [2.24, 2.45) is 0 Å². The maximum atomic E-state index is 12.8. The largest absolute Gasteiger partial charge is 0.416 e. The molecule has 1 amide bonds. The Morgan fingerprint density at radius 3 is 2.63 bits per heavy atom. The van der Waals surface area contributed by atoms with Gasteiger partial charge in [0.15, 0.2) is 0 Å². The Morgan fingerprint density at radius 1 is 1.15 bits per heavy atom. The van der Waals surface area contributed by atoms with Gasteiger partial charge >= 0.3 is 6.18 Å². The molecule has 9 heteroatoms. The monoisotopic (exact) mass is 430 g/mol. The minimum absolute atomic E-state index is 0.160. The molecule has 0 bridgehead atoms. The highest BCUT2D eigenvalue weighted by Gasteiger charge is 2.30. The first kappa shape index (κ1) is 19.7. The Morgan fingerprint density at radius 2 is 1.93 bits per heavy atom. The lowest BCUT2D eigenvalue weighted by molar-refractivity contribution is -0.137. The van der Waals surface area contributed by atoms with Crippen molar-refractivity contribution < 1.29 is 18.0 Å². The van der Waals surface area contributed by atoms with Crippen molar-refractivity contribution in [1.82, 2.24) is 4.98 Å². The first-order chi connectivity index (χ1) is 12.7. The smallest absolute Gasteiger partial charge is 0.319 e. The summed E-state index contributed by atoms with van der Waals surface area (Å²) in [6.45, 7) is 0. The van der Waals surface area contributed by atoms with Crippen LogP contribution in [0.2, 0.25) is 10.0 Å². The minimum atomic E-state index is -4.40. The Labute approximate surface area is 166 Å². The number of amides is 1. The lowest BCUT2D eigenvalue weighted by atomic mass is 10.1. The summed E-state index contributed by atoms with van der Waals surface area (Å²) in [6.07, 6.45) is -4.20. The molecule has 0 aliphatic rings. The van der Waals surface area contributed by atoms with Crippen LogP contribution in [0, 0.1) is 0 Å². The summed E-state index contributed by atoms with van der Waals surface area (Å²) in [7, 11) is 0. The molecule has 0 radical (unpaired) electrons. The molecule has 140 valence electrons. The molecule has 3 nitrogen and oxygen atoms in total. The number of hydrogen-bond acceptors (Lipinski definition) is 3. The van der Waals surface area contributed by atoms with Crippen LogP contribution in [0.1, 0.15) is 26.6 Å². The van der Waals surface area contributed by atoms with Gasteiger partial charge in [0.2, 0.25) is 0 Å². The van der Waals surface area contributed by atoms with E-state index >= 15 is 0 Å². The Balaban J connectivity index is 1.72. The molecule has 1 heterocycles. The summed E-state index contributed by atoms with van der Waals surface area (Å²) in [5.74, 6) is -0.467. The molecular formula is C18H11Cl2F3N2OS. The van der Waals surface area contributed by atoms with E-state index in [4.69, 9.17) is 23.2 Å². The summed E-state index contributed by atoms with van der Waals surface area (Å²) < 4.78 is 38.4. The zero-order valence-electron chi connectivity index (χ0n) is 13.5. The van der Waals surface area contributed by atoms with Crippen LogP contribution in [0.15, 0.2) is 47.8 Å². The van der Waals surface area contributed by atoms with Gasteiger partial charge < -0.3 is 5.32 Å². The number of thiazole rings is 1. The highest BCUT2D eigenvalue weighted by Crippen LogP contribution is 2.30. The number of rotatable bonds is 4. The predicted molar refractivity (Wildman–Crippen MR) is 101 cm³/mol. The van der Waals surface area contributed by atoms with Gasteiger partial charge in [-0.05, 0) is 29.8 Å². The maximum absolute atomic E-state index is 12.8. The summed E-state index contributed by atoms with van der Waals surface area (Å²) in [6, 6.07) is 9.68. The van der Waals surface area contributed by atoms with Gasteiger partial charge in [-0.2, -0.15) is 13.2 Å². The standard InChI is InChI=1S/C18H11Cl2F3N2OS/c19-12-4-5-14(13(20)8-12)25-17(26)15-9-27-16(24-15)7-10-2-1-3-11(6-10)18(21,22)23/h1-6,8-9H,7H2,(H,25,26). The molecule has 0 unspecified atom stereocenters. The van der Waals surface area contributed by atoms with Gasteiger partial charge in [-0.25, -0.2) is 4.98 Å². The topological polar surface area (TPSA) is 42.0 Å². The summed E-state index contributed by atoms with van der Waals surface area (Å²) in [5.41, 5.74) is 0.297. The molecule has 27 heavy (non-hydrogen) atoms. The third kappa shape index (κ3) is 5.00. The number of hydrogen-bond donors (Lipinski definition) is 1. The van der Waals surface area contributed by atoms with Crippen LogP contribution >= 0.6 is 34.5 Å². The highest BCUT2D eigenvalue weighted by molar-refractivity contribution is 7.09. The van der Waals surface area contributed by atoms with Crippen LogP contribution in [0.25, 0.3) is 0 Å². The molecule has 0 spiro atoms. The fourth-order valence-electron chi connectivity index (χ4n) is 2.31. The van der Waals surface area contributed by atoms with Gasteiger partial charge in [0, 0.05) is 16.8 Å². The van der Waals surface area contributed by atoms with Crippen LogP contribution in [-0.4, -0.2) is 10.9 Å². The van der Waals surface area contributed by atoms with Gasteiger partial charge in [0.1, 0.15) is 5.69 Å². The van der Waals surface area contributed by atoms with Crippen molar-refractivity contribution in [2.75, 3.05) is 5.32 Å². The molecule has 1 N–H and O–H groups in total. The van der Waals surface area contributed by atoms with Crippen molar-refractivity contribution in [3.05, 3.63) is 79.7 Å². The molecular weight excluding hydrogens is 420 g/mol. The first-order valence-electron chi connectivity index (χ1n) is 7.59. The molecule has 0 saturated heterocycles. The lowest BCUT2D eigenvalue weighted by Gasteiger charge is -2.07. The summed E-state index contributed by atoms with van der Waals surface area (Å²) in [4.78, 5) is 16.5. The highest BCUT2D eigenvalue weighted by atomic mass is 35.5. The van der Waals surface area contributed by atoms with Crippen LogP contribution in [0.5, 0.6) is 0 Å². The van der Waals surface area contributed by atoms with Gasteiger partial charge in [0.05, 0.1) is 21.3 Å². The quantitative estimate of drug-likeness (QED) is 0.526. The molecule has 3 aromatic rings. The molecule has 0 atom stereocenters. The Kier molecular flexibility index (Phi) is 5.74. The van der Waals surface area contributed by atoms with Crippen molar-refractivity contribution in [1.29, 1.82) is 0 Å². The molecule has 0 fully saturated rings.